The van der Waals surface area contributed by atoms with Crippen molar-refractivity contribution in [2.45, 2.75) is 33.4 Å². The van der Waals surface area contributed by atoms with Crippen LogP contribution in [0.25, 0.3) is 0 Å². The molecule has 0 saturated heterocycles. The van der Waals surface area contributed by atoms with Gasteiger partial charge in [-0.1, -0.05) is 18.5 Å². The average Bonchev–Trinajstić information content (AvgIpc) is 2.46. The number of aromatic nitrogens is 1. The van der Waals surface area contributed by atoms with Crippen LogP contribution in [0, 0.1) is 6.92 Å². The van der Waals surface area contributed by atoms with Crippen LogP contribution in [0.3, 0.4) is 0 Å². The molecule has 1 atom stereocenters. The van der Waals surface area contributed by atoms with Gasteiger partial charge < -0.3 is 10.1 Å². The summed E-state index contributed by atoms with van der Waals surface area (Å²) in [6.07, 6.45) is 3.67. The fraction of sp³-hybridized carbons (Fsp3) is 0.353. The predicted molar refractivity (Wildman–Crippen MR) is 86.8 cm³/mol. The van der Waals surface area contributed by atoms with Crippen LogP contribution in [0.4, 0.5) is 0 Å². The smallest absolute Gasteiger partial charge is 0.124 e. The summed E-state index contributed by atoms with van der Waals surface area (Å²) in [4.78, 5) is 4.18. The van der Waals surface area contributed by atoms with Gasteiger partial charge in [-0.2, -0.15) is 0 Å². The molecule has 1 N–H and O–H groups in total. The van der Waals surface area contributed by atoms with Crippen molar-refractivity contribution in [3.05, 3.63) is 58.4 Å². The lowest BCUT2D eigenvalue weighted by molar-refractivity contribution is 0.299. The van der Waals surface area contributed by atoms with Gasteiger partial charge in [0, 0.05) is 34.6 Å². The normalized spacial score (nSPS) is 12.2. The number of rotatable bonds is 6. The van der Waals surface area contributed by atoms with Crippen molar-refractivity contribution >= 4 is 11.6 Å². The first-order valence-electron chi connectivity index (χ1n) is 7.16. The van der Waals surface area contributed by atoms with Crippen molar-refractivity contribution in [1.29, 1.82) is 0 Å². The number of nitrogens with zero attached hydrogens (tertiary/aromatic N) is 1. The number of ether oxygens (including phenoxy) is 1. The molecule has 0 aliphatic rings. The Bertz CT molecular complexity index is 601. The van der Waals surface area contributed by atoms with Gasteiger partial charge in [0.1, 0.15) is 12.4 Å². The highest BCUT2D eigenvalue weighted by molar-refractivity contribution is 6.30. The molecule has 0 radical (unpaired) electrons. The molecule has 0 spiro atoms. The lowest BCUT2D eigenvalue weighted by atomic mass is 10.1. The maximum Gasteiger partial charge on any atom is 0.124 e. The van der Waals surface area contributed by atoms with E-state index < -0.39 is 0 Å². The first-order chi connectivity index (χ1) is 10.1. The first-order valence-corrected chi connectivity index (χ1v) is 7.54. The van der Waals surface area contributed by atoms with Gasteiger partial charge in [0.15, 0.2) is 0 Å². The molecule has 0 amide bonds. The second-order valence-corrected chi connectivity index (χ2v) is 5.56. The summed E-state index contributed by atoms with van der Waals surface area (Å²) < 4.78 is 5.96. The monoisotopic (exact) mass is 304 g/mol. The van der Waals surface area contributed by atoms with Crippen LogP contribution in [-0.4, -0.2) is 11.5 Å². The van der Waals surface area contributed by atoms with Crippen molar-refractivity contribution in [1.82, 2.24) is 10.3 Å². The molecule has 2 aromatic rings. The van der Waals surface area contributed by atoms with Crippen molar-refractivity contribution in [3.8, 4) is 5.75 Å². The van der Waals surface area contributed by atoms with Gasteiger partial charge in [0.05, 0.1) is 0 Å². The molecule has 112 valence electrons. The standard InChI is InChI=1S/C17H21ClN2O/c1-4-20-13(3)16-8-15(18)5-6-17(16)21-11-14-7-12(2)9-19-10-14/h5-10,13,20H,4,11H2,1-3H3. The van der Waals surface area contributed by atoms with Gasteiger partial charge in [-0.15, -0.1) is 0 Å². The summed E-state index contributed by atoms with van der Waals surface area (Å²) in [6, 6.07) is 8.01. The molecule has 1 heterocycles. The third-order valence-corrected chi connectivity index (χ3v) is 3.51. The Morgan fingerprint density at radius 2 is 2.10 bits per heavy atom. The van der Waals surface area contributed by atoms with E-state index in [-0.39, 0.29) is 6.04 Å². The molecule has 0 aliphatic heterocycles. The zero-order chi connectivity index (χ0) is 15.2. The molecule has 1 unspecified atom stereocenters. The highest BCUT2D eigenvalue weighted by Gasteiger charge is 2.12. The van der Waals surface area contributed by atoms with Gasteiger partial charge in [0.2, 0.25) is 0 Å². The highest BCUT2D eigenvalue weighted by Crippen LogP contribution is 2.29. The van der Waals surface area contributed by atoms with E-state index in [1.54, 1.807) is 0 Å². The summed E-state index contributed by atoms with van der Waals surface area (Å²) >= 11 is 6.11. The molecule has 2 rings (SSSR count). The average molecular weight is 305 g/mol. The highest BCUT2D eigenvalue weighted by atomic mass is 35.5. The Morgan fingerprint density at radius 3 is 2.81 bits per heavy atom. The second-order valence-electron chi connectivity index (χ2n) is 5.12. The maximum atomic E-state index is 6.11. The van der Waals surface area contributed by atoms with Gasteiger partial charge in [0.25, 0.3) is 0 Å². The van der Waals surface area contributed by atoms with Crippen molar-refractivity contribution < 1.29 is 4.74 Å². The number of aryl methyl sites for hydroxylation is 1. The number of nitrogens with one attached hydrogen (secondary N) is 1. The molecule has 0 bridgehead atoms. The third kappa shape index (κ3) is 4.45. The van der Waals surface area contributed by atoms with E-state index in [0.717, 1.165) is 34.0 Å². The van der Waals surface area contributed by atoms with E-state index in [1.165, 1.54) is 0 Å². The SMILES string of the molecule is CCNC(C)c1cc(Cl)ccc1OCc1cncc(C)c1. The molecular weight excluding hydrogens is 284 g/mol. The number of halogens is 1. The minimum Gasteiger partial charge on any atom is -0.489 e. The topological polar surface area (TPSA) is 34.1 Å². The van der Waals surface area contributed by atoms with Gasteiger partial charge in [-0.3, -0.25) is 4.98 Å². The Kier molecular flexibility index (Phi) is 5.59. The zero-order valence-electron chi connectivity index (χ0n) is 12.7. The van der Waals surface area contributed by atoms with Crippen LogP contribution < -0.4 is 10.1 Å². The number of pyridine rings is 1. The van der Waals surface area contributed by atoms with E-state index in [0.29, 0.717) is 6.61 Å². The first kappa shape index (κ1) is 15.8. The van der Waals surface area contributed by atoms with Crippen LogP contribution in [0.15, 0.2) is 36.7 Å². The lowest BCUT2D eigenvalue weighted by Crippen LogP contribution is -2.18. The summed E-state index contributed by atoms with van der Waals surface area (Å²) in [5.41, 5.74) is 3.27. The van der Waals surface area contributed by atoms with Crippen LogP contribution >= 0.6 is 11.6 Å². The summed E-state index contributed by atoms with van der Waals surface area (Å²) in [6.45, 7) is 7.62. The Balaban J connectivity index is 2.15. The Labute approximate surface area is 131 Å². The molecule has 0 aliphatic carbocycles. The largest absolute Gasteiger partial charge is 0.489 e. The van der Waals surface area contributed by atoms with E-state index in [4.69, 9.17) is 16.3 Å². The second kappa shape index (κ2) is 7.43. The van der Waals surface area contributed by atoms with Crippen molar-refractivity contribution in [2.75, 3.05) is 6.54 Å². The van der Waals surface area contributed by atoms with E-state index in [9.17, 15) is 0 Å². The quantitative estimate of drug-likeness (QED) is 0.864. The number of benzene rings is 1. The number of hydrogen-bond acceptors (Lipinski definition) is 3. The Hall–Kier alpha value is -1.58. The molecule has 3 nitrogen and oxygen atoms in total. The van der Waals surface area contributed by atoms with Crippen LogP contribution in [0.1, 0.15) is 36.6 Å². The molecule has 0 saturated carbocycles. The van der Waals surface area contributed by atoms with Crippen molar-refractivity contribution in [2.24, 2.45) is 0 Å². The van der Waals surface area contributed by atoms with E-state index in [2.05, 4.69) is 30.2 Å². The van der Waals surface area contributed by atoms with Gasteiger partial charge in [-0.25, -0.2) is 0 Å². The summed E-state index contributed by atoms with van der Waals surface area (Å²) in [5, 5.41) is 4.11. The van der Waals surface area contributed by atoms with Crippen LogP contribution in [0.2, 0.25) is 5.02 Å². The lowest BCUT2D eigenvalue weighted by Gasteiger charge is -2.18. The summed E-state index contributed by atoms with van der Waals surface area (Å²) in [7, 11) is 0. The van der Waals surface area contributed by atoms with Crippen LogP contribution in [0.5, 0.6) is 5.75 Å². The maximum absolute atomic E-state index is 6.11. The minimum atomic E-state index is 0.194. The molecule has 4 heteroatoms. The van der Waals surface area contributed by atoms with Crippen LogP contribution in [-0.2, 0) is 6.61 Å². The minimum absolute atomic E-state index is 0.194. The molecule has 0 fully saturated rings. The molecular formula is C17H21ClN2O. The molecule has 1 aromatic heterocycles. The zero-order valence-corrected chi connectivity index (χ0v) is 13.4. The van der Waals surface area contributed by atoms with Gasteiger partial charge >= 0.3 is 0 Å². The molecule has 21 heavy (non-hydrogen) atoms. The third-order valence-electron chi connectivity index (χ3n) is 3.27. The van der Waals surface area contributed by atoms with E-state index in [1.807, 2.05) is 37.5 Å². The fourth-order valence-corrected chi connectivity index (χ4v) is 2.44. The number of hydrogen-bond donors (Lipinski definition) is 1. The van der Waals surface area contributed by atoms with Gasteiger partial charge in [-0.05, 0) is 50.2 Å². The fourth-order valence-electron chi connectivity index (χ4n) is 2.26. The summed E-state index contributed by atoms with van der Waals surface area (Å²) in [5.74, 6) is 0.856. The predicted octanol–water partition coefficient (Wildman–Crippen LogP) is 4.29. The van der Waals surface area contributed by atoms with Crippen molar-refractivity contribution in [3.63, 3.8) is 0 Å². The Morgan fingerprint density at radius 1 is 1.29 bits per heavy atom. The van der Waals surface area contributed by atoms with E-state index >= 15 is 0 Å². The molecule has 1 aromatic carbocycles.